The van der Waals surface area contributed by atoms with E-state index < -0.39 is 0 Å². The Balaban J connectivity index is 1.89. The highest BCUT2D eigenvalue weighted by Gasteiger charge is 2.18. The molecule has 24 heavy (non-hydrogen) atoms. The number of thioether (sulfide) groups is 1. The second kappa shape index (κ2) is 6.33. The third-order valence-electron chi connectivity index (χ3n) is 3.55. The van der Waals surface area contributed by atoms with Crippen LogP contribution in [-0.4, -0.2) is 26.0 Å². The number of fused-ring (bicyclic) bond motifs is 1. The summed E-state index contributed by atoms with van der Waals surface area (Å²) in [4.78, 5) is 8.74. The highest BCUT2D eigenvalue weighted by molar-refractivity contribution is 7.98. The van der Waals surface area contributed by atoms with Crippen LogP contribution >= 0.6 is 11.8 Å². The van der Waals surface area contributed by atoms with Gasteiger partial charge in [-0.2, -0.15) is 5.10 Å². The molecule has 0 spiro atoms. The minimum atomic E-state index is 0.512. The number of ether oxygens (including phenoxy) is 1. The van der Waals surface area contributed by atoms with Crippen molar-refractivity contribution in [2.75, 3.05) is 6.26 Å². The molecule has 4 aromatic rings. The van der Waals surface area contributed by atoms with E-state index in [0.29, 0.717) is 5.88 Å². The van der Waals surface area contributed by atoms with Gasteiger partial charge in [0.15, 0.2) is 5.65 Å². The van der Waals surface area contributed by atoms with E-state index in [1.807, 2.05) is 71.6 Å². The molecule has 0 fully saturated rings. The van der Waals surface area contributed by atoms with Crippen LogP contribution in [0.25, 0.3) is 16.7 Å². The van der Waals surface area contributed by atoms with Crippen LogP contribution in [0.4, 0.5) is 0 Å². The summed E-state index contributed by atoms with van der Waals surface area (Å²) in [7, 11) is 0. The summed E-state index contributed by atoms with van der Waals surface area (Å²) in [6.45, 7) is 0. The van der Waals surface area contributed by atoms with Gasteiger partial charge in [-0.3, -0.25) is 0 Å². The van der Waals surface area contributed by atoms with Crippen molar-refractivity contribution >= 4 is 22.8 Å². The molecule has 0 amide bonds. The Kier molecular flexibility index (Phi) is 3.88. The maximum absolute atomic E-state index is 5.97. The number of aromatic nitrogens is 4. The molecule has 2 heterocycles. The Morgan fingerprint density at radius 1 is 0.917 bits per heavy atom. The maximum atomic E-state index is 5.97. The molecule has 2 aromatic heterocycles. The zero-order chi connectivity index (χ0) is 16.4. The number of hydrogen-bond acceptors (Lipinski definition) is 5. The molecule has 0 bridgehead atoms. The van der Waals surface area contributed by atoms with Crippen molar-refractivity contribution in [1.82, 2.24) is 19.7 Å². The first-order valence-corrected chi connectivity index (χ1v) is 8.65. The molecule has 5 nitrogen and oxygen atoms in total. The first kappa shape index (κ1) is 14.7. The lowest BCUT2D eigenvalue weighted by atomic mass is 10.3. The van der Waals surface area contributed by atoms with E-state index in [1.54, 1.807) is 11.8 Å². The molecule has 118 valence electrons. The largest absolute Gasteiger partial charge is 0.438 e. The lowest BCUT2D eigenvalue weighted by Crippen LogP contribution is -1.98. The molecular weight excluding hydrogens is 320 g/mol. The quantitative estimate of drug-likeness (QED) is 0.520. The third-order valence-corrected chi connectivity index (χ3v) is 4.22. The number of hydrogen-bond donors (Lipinski definition) is 0. The summed E-state index contributed by atoms with van der Waals surface area (Å²) in [6.07, 6.45) is 3.49. The third kappa shape index (κ3) is 2.61. The molecule has 0 radical (unpaired) electrons. The van der Waals surface area contributed by atoms with Gasteiger partial charge in [0.05, 0.1) is 5.69 Å². The van der Waals surface area contributed by atoms with Crippen LogP contribution in [-0.2, 0) is 0 Å². The topological polar surface area (TPSA) is 52.8 Å². The van der Waals surface area contributed by atoms with Gasteiger partial charge >= 0.3 is 0 Å². The van der Waals surface area contributed by atoms with Crippen LogP contribution in [0.5, 0.6) is 11.6 Å². The summed E-state index contributed by atoms with van der Waals surface area (Å²) in [5, 5.41) is 6.33. The summed E-state index contributed by atoms with van der Waals surface area (Å²) in [5.74, 6) is 1.25. The van der Waals surface area contributed by atoms with E-state index in [4.69, 9.17) is 4.74 Å². The molecule has 0 atom stereocenters. The zero-order valence-corrected chi connectivity index (χ0v) is 13.8. The molecule has 0 aliphatic carbocycles. The normalized spacial score (nSPS) is 10.9. The fraction of sp³-hybridized carbons (Fsp3) is 0.0556. The average Bonchev–Trinajstić information content (AvgIpc) is 3.03. The van der Waals surface area contributed by atoms with E-state index >= 15 is 0 Å². The van der Waals surface area contributed by atoms with Gasteiger partial charge in [0.1, 0.15) is 22.5 Å². The SMILES string of the molecule is CSc1nn(-c2ccccc2)c2ncnc(Oc3ccccc3)c12. The Labute approximate surface area is 143 Å². The average molecular weight is 334 g/mol. The predicted molar refractivity (Wildman–Crippen MR) is 95.0 cm³/mol. The van der Waals surface area contributed by atoms with Gasteiger partial charge in [-0.25, -0.2) is 14.6 Å². The van der Waals surface area contributed by atoms with Gasteiger partial charge in [-0.15, -0.1) is 11.8 Å². The number of benzene rings is 2. The van der Waals surface area contributed by atoms with Crippen LogP contribution in [0, 0.1) is 0 Å². The number of para-hydroxylation sites is 2. The fourth-order valence-electron chi connectivity index (χ4n) is 2.47. The number of rotatable bonds is 4. The van der Waals surface area contributed by atoms with Crippen molar-refractivity contribution < 1.29 is 4.74 Å². The van der Waals surface area contributed by atoms with Crippen molar-refractivity contribution in [3.8, 4) is 17.3 Å². The fourth-order valence-corrected chi connectivity index (χ4v) is 3.01. The molecule has 0 saturated carbocycles. The Bertz CT molecular complexity index is 970. The monoisotopic (exact) mass is 334 g/mol. The van der Waals surface area contributed by atoms with E-state index in [1.165, 1.54) is 6.33 Å². The second-order valence-corrected chi connectivity index (χ2v) is 5.84. The molecule has 6 heteroatoms. The molecule has 0 aliphatic rings. The number of nitrogens with zero attached hydrogens (tertiary/aromatic N) is 4. The molecular formula is C18H14N4OS. The van der Waals surface area contributed by atoms with Crippen LogP contribution < -0.4 is 4.74 Å². The van der Waals surface area contributed by atoms with Crippen LogP contribution in [0.1, 0.15) is 0 Å². The molecule has 0 unspecified atom stereocenters. The van der Waals surface area contributed by atoms with Crippen molar-refractivity contribution in [1.29, 1.82) is 0 Å². The van der Waals surface area contributed by atoms with Crippen molar-refractivity contribution in [3.05, 3.63) is 67.0 Å². The zero-order valence-electron chi connectivity index (χ0n) is 13.0. The van der Waals surface area contributed by atoms with Gasteiger partial charge in [0.25, 0.3) is 0 Å². The van der Waals surface area contributed by atoms with Crippen LogP contribution in [0.2, 0.25) is 0 Å². The van der Waals surface area contributed by atoms with Gasteiger partial charge in [-0.1, -0.05) is 36.4 Å². The van der Waals surface area contributed by atoms with Crippen molar-refractivity contribution in [3.63, 3.8) is 0 Å². The van der Waals surface area contributed by atoms with Crippen LogP contribution in [0.15, 0.2) is 72.0 Å². The first-order valence-electron chi connectivity index (χ1n) is 7.43. The Hall–Kier alpha value is -2.86. The standard InChI is InChI=1S/C18H14N4OS/c1-24-18-15-16(22(21-18)13-8-4-2-5-9-13)19-12-20-17(15)23-14-10-6-3-7-11-14/h2-12H,1H3. The summed E-state index contributed by atoms with van der Waals surface area (Å²) >= 11 is 1.55. The molecule has 0 aliphatic heterocycles. The van der Waals surface area contributed by atoms with Crippen LogP contribution in [0.3, 0.4) is 0 Å². The maximum Gasteiger partial charge on any atom is 0.234 e. The van der Waals surface area contributed by atoms with E-state index in [-0.39, 0.29) is 0 Å². The van der Waals surface area contributed by atoms with Gasteiger partial charge < -0.3 is 4.74 Å². The molecule has 0 saturated heterocycles. The van der Waals surface area contributed by atoms with Crippen molar-refractivity contribution in [2.24, 2.45) is 0 Å². The van der Waals surface area contributed by atoms with E-state index in [2.05, 4.69) is 15.1 Å². The van der Waals surface area contributed by atoms with Gasteiger partial charge in [-0.05, 0) is 30.5 Å². The Morgan fingerprint density at radius 2 is 1.62 bits per heavy atom. The Morgan fingerprint density at radius 3 is 2.33 bits per heavy atom. The minimum absolute atomic E-state index is 0.512. The summed E-state index contributed by atoms with van der Waals surface area (Å²) < 4.78 is 7.79. The smallest absolute Gasteiger partial charge is 0.234 e. The highest BCUT2D eigenvalue weighted by Crippen LogP contribution is 2.34. The van der Waals surface area contributed by atoms with E-state index in [0.717, 1.165) is 27.5 Å². The molecule has 0 N–H and O–H groups in total. The van der Waals surface area contributed by atoms with Gasteiger partial charge in [0.2, 0.25) is 5.88 Å². The van der Waals surface area contributed by atoms with Gasteiger partial charge in [0, 0.05) is 0 Å². The second-order valence-electron chi connectivity index (χ2n) is 5.05. The van der Waals surface area contributed by atoms with E-state index in [9.17, 15) is 0 Å². The summed E-state index contributed by atoms with van der Waals surface area (Å²) in [5.41, 5.74) is 1.68. The molecule has 2 aromatic carbocycles. The van der Waals surface area contributed by atoms with Crippen molar-refractivity contribution in [2.45, 2.75) is 5.03 Å². The summed E-state index contributed by atoms with van der Waals surface area (Å²) in [6, 6.07) is 19.5. The molecule has 4 rings (SSSR count). The minimum Gasteiger partial charge on any atom is -0.438 e. The predicted octanol–water partition coefficient (Wildman–Crippen LogP) is 4.33. The lowest BCUT2D eigenvalue weighted by molar-refractivity contribution is 0.467. The highest BCUT2D eigenvalue weighted by atomic mass is 32.2. The lowest BCUT2D eigenvalue weighted by Gasteiger charge is -2.06. The first-order chi connectivity index (χ1) is 11.9.